The van der Waals surface area contributed by atoms with E-state index in [1.54, 1.807) is 6.20 Å². The van der Waals surface area contributed by atoms with E-state index in [9.17, 15) is 9.59 Å². The molecule has 0 bridgehead atoms. The number of carbonyl (C=O) groups excluding carboxylic acids is 2. The highest BCUT2D eigenvalue weighted by Crippen LogP contribution is 2.26. The summed E-state index contributed by atoms with van der Waals surface area (Å²) in [4.78, 5) is 31.1. The highest BCUT2D eigenvalue weighted by Gasteiger charge is 2.30. The van der Waals surface area contributed by atoms with E-state index < -0.39 is 0 Å². The molecule has 1 aliphatic rings. The van der Waals surface area contributed by atoms with Crippen molar-refractivity contribution in [2.45, 2.75) is 32.9 Å². The molecule has 3 aromatic rings. The molecule has 4 rings (SSSR count). The molecule has 27 heavy (non-hydrogen) atoms. The predicted molar refractivity (Wildman–Crippen MR) is 104 cm³/mol. The van der Waals surface area contributed by atoms with E-state index in [0.717, 1.165) is 22.4 Å². The van der Waals surface area contributed by atoms with Crippen LogP contribution in [0, 0.1) is 0 Å². The van der Waals surface area contributed by atoms with Gasteiger partial charge in [0.15, 0.2) is 0 Å². The van der Waals surface area contributed by atoms with Gasteiger partial charge in [0.05, 0.1) is 12.2 Å². The van der Waals surface area contributed by atoms with Crippen LogP contribution in [0.4, 0.5) is 5.69 Å². The number of fused-ring (bicyclic) bond motifs is 2. The molecule has 7 heteroatoms. The summed E-state index contributed by atoms with van der Waals surface area (Å²) in [6.45, 7) is 4.98. The van der Waals surface area contributed by atoms with Crippen molar-refractivity contribution < 1.29 is 9.59 Å². The molecule has 0 radical (unpaired) electrons. The molecule has 0 aliphatic carbocycles. The molecule has 2 amide bonds. The van der Waals surface area contributed by atoms with Crippen LogP contribution < -0.4 is 5.32 Å². The maximum Gasteiger partial charge on any atom is 0.273 e. The lowest BCUT2D eigenvalue weighted by Crippen LogP contribution is -2.41. The van der Waals surface area contributed by atoms with Gasteiger partial charge in [0.2, 0.25) is 5.91 Å². The molecule has 140 valence electrons. The monoisotopic (exact) mass is 365 g/mol. The Balaban J connectivity index is 1.57. The first-order chi connectivity index (χ1) is 13.0. The Kier molecular flexibility index (Phi) is 4.22. The Morgan fingerprint density at radius 3 is 2.85 bits per heavy atom. The Bertz CT molecular complexity index is 1030. The highest BCUT2D eigenvalue weighted by atomic mass is 16.2. The van der Waals surface area contributed by atoms with E-state index in [1.165, 1.54) is 0 Å². The quantitative estimate of drug-likeness (QED) is 0.776. The van der Waals surface area contributed by atoms with E-state index in [4.69, 9.17) is 0 Å². The maximum atomic E-state index is 12.8. The van der Waals surface area contributed by atoms with Crippen LogP contribution in [-0.2, 0) is 18.4 Å². The van der Waals surface area contributed by atoms with E-state index in [0.29, 0.717) is 25.2 Å². The van der Waals surface area contributed by atoms with Gasteiger partial charge in [-0.15, -0.1) is 0 Å². The zero-order valence-corrected chi connectivity index (χ0v) is 15.8. The van der Waals surface area contributed by atoms with E-state index in [-0.39, 0.29) is 17.9 Å². The fourth-order valence-corrected chi connectivity index (χ4v) is 3.78. The van der Waals surface area contributed by atoms with E-state index in [1.807, 2.05) is 65.4 Å². The summed E-state index contributed by atoms with van der Waals surface area (Å²) in [6.07, 6.45) is 4.07. The zero-order chi connectivity index (χ0) is 19.1. The third-order valence-corrected chi connectivity index (χ3v) is 5.29. The number of aryl methyl sites for hydroxylation is 1. The van der Waals surface area contributed by atoms with E-state index >= 15 is 0 Å². The molecular weight excluding hydrogens is 342 g/mol. The summed E-state index contributed by atoms with van der Waals surface area (Å²) >= 11 is 0. The first-order valence-corrected chi connectivity index (χ1v) is 9.21. The van der Waals surface area contributed by atoms with Gasteiger partial charge >= 0.3 is 0 Å². The third kappa shape index (κ3) is 2.89. The summed E-state index contributed by atoms with van der Waals surface area (Å²) in [5.41, 5.74) is 2.39. The largest absolute Gasteiger partial charge is 0.351 e. The summed E-state index contributed by atoms with van der Waals surface area (Å²) in [5.74, 6) is 0.678. The Morgan fingerprint density at radius 2 is 2.07 bits per heavy atom. The molecule has 1 unspecified atom stereocenters. The number of rotatable bonds is 3. The van der Waals surface area contributed by atoms with Crippen LogP contribution in [0.2, 0.25) is 0 Å². The van der Waals surface area contributed by atoms with Gasteiger partial charge in [-0.3, -0.25) is 9.59 Å². The number of hydrogen-bond acceptors (Lipinski definition) is 3. The average Bonchev–Trinajstić information content (AvgIpc) is 3.26. The van der Waals surface area contributed by atoms with Gasteiger partial charge in [0, 0.05) is 49.3 Å². The number of imidazole rings is 1. The molecule has 1 N–H and O–H groups in total. The number of hydrogen-bond donors (Lipinski definition) is 1. The van der Waals surface area contributed by atoms with Crippen LogP contribution in [0.1, 0.15) is 42.6 Å². The number of nitrogens with zero attached hydrogens (tertiary/aromatic N) is 4. The van der Waals surface area contributed by atoms with Crippen LogP contribution in [0.5, 0.6) is 0 Å². The lowest BCUT2D eigenvalue weighted by Gasteiger charge is -2.34. The SMILES string of the molecule is CCC(=O)N1CCn2c(C(=O)Nc3ccc4c(ccn4C)c3)cnc2C1C. The van der Waals surface area contributed by atoms with Crippen LogP contribution in [-0.4, -0.2) is 37.4 Å². The van der Waals surface area contributed by atoms with Crippen LogP contribution >= 0.6 is 0 Å². The van der Waals surface area contributed by atoms with Gasteiger partial charge in [-0.2, -0.15) is 0 Å². The standard InChI is InChI=1S/C20H23N5O2/c1-4-18(26)24-9-10-25-17(12-21-19(25)13(24)2)20(27)22-15-5-6-16-14(11-15)7-8-23(16)3/h5-8,11-13H,4,9-10H2,1-3H3,(H,22,27). The van der Waals surface area contributed by atoms with Gasteiger partial charge in [0.25, 0.3) is 5.91 Å². The second-order valence-corrected chi connectivity index (χ2v) is 6.92. The number of nitrogens with one attached hydrogen (secondary N) is 1. The molecule has 0 saturated carbocycles. The summed E-state index contributed by atoms with van der Waals surface area (Å²) < 4.78 is 3.96. The first kappa shape index (κ1) is 17.3. The van der Waals surface area contributed by atoms with Gasteiger partial charge < -0.3 is 19.4 Å². The van der Waals surface area contributed by atoms with Gasteiger partial charge in [-0.25, -0.2) is 4.98 Å². The first-order valence-electron chi connectivity index (χ1n) is 9.21. The zero-order valence-electron chi connectivity index (χ0n) is 15.8. The topological polar surface area (TPSA) is 72.2 Å². The van der Waals surface area contributed by atoms with Crippen LogP contribution in [0.15, 0.2) is 36.7 Å². The fraction of sp³-hybridized carbons (Fsp3) is 0.350. The Morgan fingerprint density at radius 1 is 1.26 bits per heavy atom. The second kappa shape index (κ2) is 6.57. The number of aromatic nitrogens is 3. The number of benzene rings is 1. The molecule has 0 fully saturated rings. The number of carbonyl (C=O) groups is 2. The van der Waals surface area contributed by atoms with Crippen molar-refractivity contribution >= 4 is 28.4 Å². The fourth-order valence-electron chi connectivity index (χ4n) is 3.78. The predicted octanol–water partition coefficient (Wildman–Crippen LogP) is 2.94. The van der Waals surface area contributed by atoms with Gasteiger partial charge in [-0.1, -0.05) is 6.92 Å². The third-order valence-electron chi connectivity index (χ3n) is 5.29. The van der Waals surface area contributed by atoms with Crippen LogP contribution in [0.3, 0.4) is 0 Å². The van der Waals surface area contributed by atoms with Crippen molar-refractivity contribution in [1.82, 2.24) is 19.0 Å². The summed E-state index contributed by atoms with van der Waals surface area (Å²) in [5, 5.41) is 4.04. The minimum atomic E-state index is -0.188. The minimum Gasteiger partial charge on any atom is -0.351 e. The molecule has 3 heterocycles. The summed E-state index contributed by atoms with van der Waals surface area (Å²) in [7, 11) is 1.99. The minimum absolute atomic E-state index is 0.110. The van der Waals surface area contributed by atoms with Crippen molar-refractivity contribution in [1.29, 1.82) is 0 Å². The normalized spacial score (nSPS) is 16.4. The molecule has 2 aromatic heterocycles. The molecule has 1 aromatic carbocycles. The molecule has 0 saturated heterocycles. The van der Waals surface area contributed by atoms with Crippen molar-refractivity contribution in [3.05, 3.63) is 48.2 Å². The van der Waals surface area contributed by atoms with Crippen LogP contribution in [0.25, 0.3) is 10.9 Å². The molecule has 1 aliphatic heterocycles. The molecule has 7 nitrogen and oxygen atoms in total. The van der Waals surface area contributed by atoms with E-state index in [2.05, 4.69) is 10.3 Å². The van der Waals surface area contributed by atoms with Crippen molar-refractivity contribution in [3.8, 4) is 0 Å². The average molecular weight is 365 g/mol. The van der Waals surface area contributed by atoms with Crippen molar-refractivity contribution in [3.63, 3.8) is 0 Å². The Hall–Kier alpha value is -3.09. The second-order valence-electron chi connectivity index (χ2n) is 6.92. The number of anilines is 1. The summed E-state index contributed by atoms with van der Waals surface area (Å²) in [6, 6.07) is 7.75. The lowest BCUT2D eigenvalue weighted by molar-refractivity contribution is -0.134. The van der Waals surface area contributed by atoms with Crippen molar-refractivity contribution in [2.24, 2.45) is 7.05 Å². The smallest absolute Gasteiger partial charge is 0.273 e. The Labute approximate surface area is 157 Å². The molecule has 1 atom stereocenters. The van der Waals surface area contributed by atoms with Gasteiger partial charge in [0.1, 0.15) is 11.5 Å². The molecular formula is C20H23N5O2. The highest BCUT2D eigenvalue weighted by molar-refractivity contribution is 6.04. The van der Waals surface area contributed by atoms with Gasteiger partial charge in [-0.05, 0) is 31.2 Å². The lowest BCUT2D eigenvalue weighted by atomic mass is 10.2. The number of amides is 2. The maximum absolute atomic E-state index is 12.8. The van der Waals surface area contributed by atoms with Crippen molar-refractivity contribution in [2.75, 3.05) is 11.9 Å². The molecule has 0 spiro atoms.